The maximum Gasteiger partial charge on any atom is 3.00 e. The Bertz CT molecular complexity index is 5110. The molecular formula is C66H11AuF30N6. The van der Waals surface area contributed by atoms with Gasteiger partial charge in [0.25, 0.3) is 0 Å². The van der Waals surface area contributed by atoms with E-state index in [0.717, 1.165) is 0 Å². The van der Waals surface area contributed by atoms with Crippen LogP contribution >= 0.6 is 0 Å². The standard InChI is InChI=1S/C66H11F30N6.Au/c67-37-31(38(68)50(80)61(91)49(37)79)25-13-1-2-14(97-13)26(32-39(69)51(81)62(92)52(82)40(32)70)16-5-6-18(99-16)28(34-43(73)55(85)64(94)56(86)44(34)74)20-9-10-22(101-20)30(36-47(77)59(89)66(96)60(90)48(36)78)24-12-11-23(102-24)29(35-45(75)57(87)65(95)58(88)46(35)76)21-8-7-19(100-21)27(17-4-3-15(25)98-17)33-41(71)53(83)63(93)54(84)42(33)72;/h1-5,7,9-12,97H;/q-3;+3. The van der Waals surface area contributed by atoms with E-state index in [-0.39, 0.29) is 34.5 Å². The molecule has 6 nitrogen and oxygen atoms in total. The topological polar surface area (TPSA) is 81.5 Å². The summed E-state index contributed by atoms with van der Waals surface area (Å²) >= 11 is 0. The zero-order valence-corrected chi connectivity index (χ0v) is 50.3. The molecule has 0 fully saturated rings. The quantitative estimate of drug-likeness (QED) is 0.0590. The van der Waals surface area contributed by atoms with Crippen LogP contribution in [-0.4, -0.2) is 24.9 Å². The Labute approximate surface area is 563 Å². The fourth-order valence-electron chi connectivity index (χ4n) is 11.0. The number of halogens is 30. The van der Waals surface area contributed by atoms with E-state index in [1.165, 1.54) is 0 Å². The van der Waals surface area contributed by atoms with Crippen molar-refractivity contribution in [2.24, 2.45) is 0 Å². The zero-order chi connectivity index (χ0) is 73.9. The van der Waals surface area contributed by atoms with E-state index in [2.05, 4.69) is 29.9 Å². The number of hydrogen-bond acceptors (Lipinski definition) is 4. The van der Waals surface area contributed by atoms with Gasteiger partial charge in [-0.1, -0.05) is 29.1 Å². The fourth-order valence-corrected chi connectivity index (χ4v) is 11.0. The van der Waals surface area contributed by atoms with Crippen molar-refractivity contribution in [1.29, 1.82) is 0 Å². The van der Waals surface area contributed by atoms with Crippen LogP contribution in [0, 0.1) is 187 Å². The zero-order valence-electron chi connectivity index (χ0n) is 48.2. The molecule has 0 radical (unpaired) electrons. The second kappa shape index (κ2) is 25.7. The number of hydrogen-bond donors (Lipinski definition) is 1. The molecular weight excluding hydrogens is 1640 g/mol. The van der Waals surface area contributed by atoms with Crippen LogP contribution < -0.4 is 4.98 Å². The van der Waals surface area contributed by atoms with Crippen molar-refractivity contribution in [3.63, 3.8) is 0 Å². The molecule has 4 aliphatic heterocycles. The molecule has 103 heavy (non-hydrogen) atoms. The minimum Gasteiger partial charge on any atom is -0.667 e. The summed E-state index contributed by atoms with van der Waals surface area (Å²) in [5.41, 5.74) is -40.5. The molecule has 0 saturated carbocycles. The molecule has 1 N–H and O–H groups in total. The predicted octanol–water partition coefficient (Wildman–Crippen LogP) is 19.9. The second-order valence-corrected chi connectivity index (χ2v) is 21.1. The summed E-state index contributed by atoms with van der Waals surface area (Å²) < 4.78 is 472. The molecule has 9 aromatic rings. The Balaban J connectivity index is 0.00001000. The van der Waals surface area contributed by atoms with Gasteiger partial charge in [-0.3, -0.25) is 4.98 Å². The molecule has 12 bridgehead atoms. The first-order valence-corrected chi connectivity index (χ1v) is 27.2. The SMILES string of the molecule is Fc1c(F)c(F)c(-c2c3nc(c(-c4c(F)c(F)c(F)c(F)c4F)c4ccc([nH]4)c(-c4c(F)c(F)c(F)c(F)c4F)c4nc(c(-c5c(F)c(F)c(F)c(F)c5F)c5nc(c(-c6c(F)c(F)c(F)c(F)c6F)c6ccc([n-]6)c(-c6c(F)c(F)c(F)c(F)c6F)c6nc2C=C6)[C-]=C5)C=C4)C=[C-]3)c(F)c1F.[Au+3]. The number of nitrogens with zero attached hydrogens (tertiary/aromatic N) is 5. The fraction of sp³-hybridized carbons (Fsp3) is 0. The van der Waals surface area contributed by atoms with E-state index in [0.29, 0.717) is 48.6 Å². The monoisotopic (exact) mass is 1650 g/mol. The van der Waals surface area contributed by atoms with Crippen LogP contribution in [0.3, 0.4) is 0 Å². The Morgan fingerprint density at radius 3 is 0.757 bits per heavy atom. The van der Waals surface area contributed by atoms with Gasteiger partial charge >= 0.3 is 22.4 Å². The molecule has 6 aromatic carbocycles. The van der Waals surface area contributed by atoms with Crippen molar-refractivity contribution < 1.29 is 154 Å². The number of aromatic nitrogens is 6. The van der Waals surface area contributed by atoms with Gasteiger partial charge in [-0.2, -0.15) is 17.7 Å². The number of benzene rings is 6. The minimum absolute atomic E-state index is 0. The third-order valence-electron chi connectivity index (χ3n) is 15.6. The van der Waals surface area contributed by atoms with E-state index in [1.807, 2.05) is 12.2 Å². The van der Waals surface area contributed by atoms with Crippen molar-refractivity contribution in [3.8, 4) is 66.8 Å². The molecule has 0 atom stereocenters. The van der Waals surface area contributed by atoms with Crippen LogP contribution in [0.2, 0.25) is 0 Å². The summed E-state index contributed by atoms with van der Waals surface area (Å²) in [4.78, 5) is 21.2. The Morgan fingerprint density at radius 1 is 0.214 bits per heavy atom. The van der Waals surface area contributed by atoms with Gasteiger partial charge < -0.3 is 19.9 Å². The Kier molecular flexibility index (Phi) is 17.9. The van der Waals surface area contributed by atoms with Gasteiger partial charge in [-0.05, 0) is 64.5 Å². The van der Waals surface area contributed by atoms with E-state index in [9.17, 15) is 26.3 Å². The summed E-state index contributed by atoms with van der Waals surface area (Å²) in [6, 6.07) is 1.35. The van der Waals surface area contributed by atoms with Gasteiger partial charge in [0.2, 0.25) is 23.3 Å². The molecule has 0 spiro atoms. The number of H-pyrrole nitrogens is 1. The number of nitrogens with one attached hydrogen (secondary N) is 1. The molecule has 0 unspecified atom stereocenters. The van der Waals surface area contributed by atoms with Crippen molar-refractivity contribution in [2.45, 2.75) is 0 Å². The van der Waals surface area contributed by atoms with E-state index >= 15 is 105 Å². The van der Waals surface area contributed by atoms with Crippen LogP contribution in [0.25, 0.3) is 125 Å². The molecule has 4 aliphatic rings. The van der Waals surface area contributed by atoms with Crippen molar-refractivity contribution in [2.75, 3.05) is 0 Å². The van der Waals surface area contributed by atoms with Crippen LogP contribution in [0.5, 0.6) is 0 Å². The van der Waals surface area contributed by atoms with E-state index < -0.39 is 309 Å². The first kappa shape index (κ1) is 71.7. The van der Waals surface area contributed by atoms with Crippen molar-refractivity contribution in [3.05, 3.63) is 256 Å². The van der Waals surface area contributed by atoms with Crippen LogP contribution in [-0.2, 0) is 22.4 Å². The van der Waals surface area contributed by atoms with Gasteiger partial charge in [0.05, 0.1) is 39.3 Å². The average Bonchev–Trinajstić information content (AvgIpc) is 1.69. The average molecular weight is 1650 g/mol. The third-order valence-corrected chi connectivity index (χ3v) is 15.6. The maximum absolute atomic E-state index is 16.4. The molecule has 3 aromatic heterocycles. The third kappa shape index (κ3) is 10.7. The largest absolute Gasteiger partial charge is 3.00 e. The molecule has 0 aliphatic carbocycles. The number of rotatable bonds is 6. The van der Waals surface area contributed by atoms with Crippen molar-refractivity contribution >= 4 is 58.5 Å². The normalized spacial score (nSPS) is 12.3. The minimum atomic E-state index is -2.95. The maximum atomic E-state index is 16.4. The molecule has 37 heteroatoms. The predicted molar refractivity (Wildman–Crippen MR) is 294 cm³/mol. The van der Waals surface area contributed by atoms with Gasteiger partial charge in [0.1, 0.15) is 0 Å². The van der Waals surface area contributed by atoms with E-state index in [1.54, 1.807) is 0 Å². The molecule has 7 heterocycles. The molecule has 0 amide bonds. The Hall–Kier alpha value is -11.1. The second-order valence-electron chi connectivity index (χ2n) is 21.1. The van der Waals surface area contributed by atoms with Gasteiger partial charge in [-0.15, -0.1) is 23.2 Å². The summed E-state index contributed by atoms with van der Waals surface area (Å²) in [6.07, 6.45) is 5.67. The molecule has 526 valence electrons. The number of fused-ring (bicyclic) bond motifs is 12. The van der Waals surface area contributed by atoms with Crippen LogP contribution in [0.15, 0.2) is 24.3 Å². The summed E-state index contributed by atoms with van der Waals surface area (Å²) in [5.74, 6) is -86.8. The first-order chi connectivity index (χ1) is 48.1. The summed E-state index contributed by atoms with van der Waals surface area (Å²) in [5, 5.41) is 0. The summed E-state index contributed by atoms with van der Waals surface area (Å²) in [7, 11) is 0. The van der Waals surface area contributed by atoms with E-state index in [4.69, 9.17) is 0 Å². The summed E-state index contributed by atoms with van der Waals surface area (Å²) in [6.45, 7) is 0. The van der Waals surface area contributed by atoms with Crippen LogP contribution in [0.1, 0.15) is 45.6 Å². The van der Waals surface area contributed by atoms with Crippen LogP contribution in [0.4, 0.5) is 132 Å². The van der Waals surface area contributed by atoms with Gasteiger partial charge in [0, 0.05) is 33.4 Å². The first-order valence-electron chi connectivity index (χ1n) is 27.2. The Morgan fingerprint density at radius 2 is 0.427 bits per heavy atom. The van der Waals surface area contributed by atoms with Crippen molar-refractivity contribution in [1.82, 2.24) is 29.9 Å². The molecule has 13 rings (SSSR count). The smallest absolute Gasteiger partial charge is 0.667 e. The van der Waals surface area contributed by atoms with Gasteiger partial charge in [-0.25, -0.2) is 137 Å². The number of aromatic amines is 1. The van der Waals surface area contributed by atoms with Gasteiger partial charge in [0.15, 0.2) is 151 Å². The molecule has 0 saturated heterocycles.